The van der Waals surface area contributed by atoms with Crippen LogP contribution >= 0.6 is 22.6 Å². The maximum Gasteiger partial charge on any atom is 0.221 e. The van der Waals surface area contributed by atoms with Gasteiger partial charge in [-0.25, -0.2) is 4.98 Å². The van der Waals surface area contributed by atoms with Crippen molar-refractivity contribution in [3.05, 3.63) is 22.0 Å². The monoisotopic (exact) mass is 331 g/mol. The van der Waals surface area contributed by atoms with Crippen molar-refractivity contribution in [1.82, 2.24) is 9.97 Å². The van der Waals surface area contributed by atoms with Crippen LogP contribution in [0.2, 0.25) is 0 Å². The summed E-state index contributed by atoms with van der Waals surface area (Å²) in [6.07, 6.45) is 4.85. The lowest BCUT2D eigenvalue weighted by molar-refractivity contribution is -0.211. The van der Waals surface area contributed by atoms with Crippen LogP contribution in [-0.2, 0) is 9.78 Å². The summed E-state index contributed by atoms with van der Waals surface area (Å²) in [6, 6.07) is 1.90. The molecule has 2 aromatic heterocycles. The topological polar surface area (TPSA) is 59.5 Å². The lowest BCUT2D eigenvalue weighted by Gasteiger charge is -1.97. The van der Waals surface area contributed by atoms with Crippen molar-refractivity contribution in [2.75, 3.05) is 6.61 Å². The number of aliphatic imine (C=N–C) groups is 1. The van der Waals surface area contributed by atoms with Gasteiger partial charge in [-0.05, 0) is 35.6 Å². The van der Waals surface area contributed by atoms with E-state index in [4.69, 9.17) is 9.78 Å². The summed E-state index contributed by atoms with van der Waals surface area (Å²) in [5, 5.41) is 0.986. The molecule has 0 aliphatic rings. The number of aromatic nitrogens is 2. The van der Waals surface area contributed by atoms with Crippen LogP contribution in [0.25, 0.3) is 10.9 Å². The van der Waals surface area contributed by atoms with Crippen LogP contribution in [0.3, 0.4) is 0 Å². The molecule has 0 bridgehead atoms. The molecule has 0 spiro atoms. The predicted octanol–water partition coefficient (Wildman–Crippen LogP) is 2.80. The van der Waals surface area contributed by atoms with E-state index in [9.17, 15) is 0 Å². The maximum atomic E-state index is 4.71. The normalized spacial score (nSPS) is 11.4. The first-order valence-corrected chi connectivity index (χ1v) is 5.83. The summed E-state index contributed by atoms with van der Waals surface area (Å²) in [6.45, 7) is 2.31. The Hall–Kier alpha value is -1.15. The fourth-order valence-electron chi connectivity index (χ4n) is 1.29. The molecule has 0 aliphatic carbocycles. The molecule has 0 radical (unpaired) electrons. The van der Waals surface area contributed by atoms with Crippen molar-refractivity contribution < 1.29 is 9.78 Å². The molecule has 16 heavy (non-hydrogen) atoms. The zero-order valence-corrected chi connectivity index (χ0v) is 10.8. The first-order valence-electron chi connectivity index (χ1n) is 4.75. The highest BCUT2D eigenvalue weighted by Gasteiger charge is 2.06. The Balaban J connectivity index is 2.29. The van der Waals surface area contributed by atoms with Crippen LogP contribution in [0, 0.1) is 3.57 Å². The van der Waals surface area contributed by atoms with Crippen molar-refractivity contribution in [3.63, 3.8) is 0 Å². The molecule has 5 nitrogen and oxygen atoms in total. The molecule has 1 N–H and O–H groups in total. The van der Waals surface area contributed by atoms with Crippen molar-refractivity contribution in [3.8, 4) is 0 Å². The number of nitrogens with one attached hydrogen (secondary N) is 1. The highest BCUT2D eigenvalue weighted by molar-refractivity contribution is 14.1. The number of H-pyrrole nitrogens is 1. The quantitative estimate of drug-likeness (QED) is 0.234. The van der Waals surface area contributed by atoms with E-state index in [2.05, 4.69) is 37.6 Å². The van der Waals surface area contributed by atoms with Gasteiger partial charge < -0.3 is 9.87 Å². The van der Waals surface area contributed by atoms with Crippen LogP contribution in [0.4, 0.5) is 5.82 Å². The minimum atomic E-state index is 0.478. The summed E-state index contributed by atoms with van der Waals surface area (Å²) in [7, 11) is 0. The third-order valence-electron chi connectivity index (χ3n) is 1.93. The molecular weight excluding hydrogens is 321 g/mol. The van der Waals surface area contributed by atoms with Crippen molar-refractivity contribution in [1.29, 1.82) is 0 Å². The molecule has 84 valence electrons. The first-order chi connectivity index (χ1) is 7.83. The largest absolute Gasteiger partial charge is 0.360 e. The van der Waals surface area contributed by atoms with Gasteiger partial charge >= 0.3 is 0 Å². The minimum absolute atomic E-state index is 0.478. The van der Waals surface area contributed by atoms with Crippen LogP contribution in [0.5, 0.6) is 0 Å². The fourth-order valence-corrected chi connectivity index (χ4v) is 1.98. The van der Waals surface area contributed by atoms with Gasteiger partial charge in [-0.15, -0.1) is 0 Å². The van der Waals surface area contributed by atoms with Crippen LogP contribution in [0.15, 0.2) is 23.5 Å². The molecule has 0 saturated carbocycles. The van der Waals surface area contributed by atoms with Gasteiger partial charge in [-0.1, -0.05) is 0 Å². The number of hydrogen-bond acceptors (Lipinski definition) is 4. The first kappa shape index (κ1) is 11.3. The van der Waals surface area contributed by atoms with Gasteiger partial charge in [0.05, 0.1) is 17.5 Å². The Morgan fingerprint density at radius 2 is 2.50 bits per heavy atom. The van der Waals surface area contributed by atoms with Gasteiger partial charge in [0, 0.05) is 16.0 Å². The Labute approximate surface area is 106 Å². The van der Waals surface area contributed by atoms with Gasteiger partial charge in [-0.3, -0.25) is 0 Å². The maximum absolute atomic E-state index is 4.71. The number of nitrogens with zero attached hydrogens (tertiary/aromatic N) is 2. The standard InChI is InChI=1S/C10H10IN3O2/c1-2-15-16-6-14-10-9-7(11)5-13-8(9)3-4-12-10/h3-6,13H,2H2,1H3. The van der Waals surface area contributed by atoms with Gasteiger partial charge in [0.15, 0.2) is 5.82 Å². The smallest absolute Gasteiger partial charge is 0.221 e. The minimum Gasteiger partial charge on any atom is -0.360 e. The lowest BCUT2D eigenvalue weighted by Crippen LogP contribution is -1.90. The summed E-state index contributed by atoms with van der Waals surface area (Å²) in [5.41, 5.74) is 1.00. The zero-order valence-electron chi connectivity index (χ0n) is 8.61. The molecular formula is C10H10IN3O2. The Morgan fingerprint density at radius 3 is 3.31 bits per heavy atom. The SMILES string of the molecule is CCOOC=Nc1nccc2[nH]cc(I)c12. The van der Waals surface area contributed by atoms with E-state index < -0.39 is 0 Å². The third kappa shape index (κ3) is 2.33. The summed E-state index contributed by atoms with van der Waals surface area (Å²) in [5.74, 6) is 0.614. The molecule has 0 aliphatic heterocycles. The molecule has 2 aromatic rings. The third-order valence-corrected chi connectivity index (χ3v) is 2.78. The van der Waals surface area contributed by atoms with Gasteiger partial charge in [0.1, 0.15) is 0 Å². The Bertz CT molecular complexity index is 510. The number of rotatable bonds is 4. The van der Waals surface area contributed by atoms with Gasteiger partial charge in [-0.2, -0.15) is 9.88 Å². The molecule has 0 atom stereocenters. The van der Waals surface area contributed by atoms with Gasteiger partial charge in [0.2, 0.25) is 6.40 Å². The lowest BCUT2D eigenvalue weighted by atomic mass is 10.3. The van der Waals surface area contributed by atoms with E-state index >= 15 is 0 Å². The van der Waals surface area contributed by atoms with E-state index in [-0.39, 0.29) is 0 Å². The number of pyridine rings is 1. The Kier molecular flexibility index (Phi) is 3.73. The second-order valence-corrected chi connectivity index (χ2v) is 4.09. The van der Waals surface area contributed by atoms with Crippen molar-refractivity contribution in [2.24, 2.45) is 4.99 Å². The second-order valence-electron chi connectivity index (χ2n) is 2.93. The summed E-state index contributed by atoms with van der Waals surface area (Å²) >= 11 is 2.23. The predicted molar refractivity (Wildman–Crippen MR) is 69.7 cm³/mol. The fraction of sp³-hybridized carbons (Fsp3) is 0.200. The molecule has 0 fully saturated rings. The zero-order chi connectivity index (χ0) is 11.4. The average molecular weight is 331 g/mol. The van der Waals surface area contributed by atoms with E-state index in [0.717, 1.165) is 14.5 Å². The van der Waals surface area contributed by atoms with Crippen LogP contribution in [-0.4, -0.2) is 23.0 Å². The number of aromatic amines is 1. The molecule has 2 heterocycles. The highest BCUT2D eigenvalue weighted by Crippen LogP contribution is 2.27. The van der Waals surface area contributed by atoms with Crippen molar-refractivity contribution >= 4 is 45.7 Å². The average Bonchev–Trinajstić information content (AvgIpc) is 2.68. The summed E-state index contributed by atoms with van der Waals surface area (Å²) < 4.78 is 1.07. The molecule has 2 rings (SSSR count). The molecule has 0 aromatic carbocycles. The van der Waals surface area contributed by atoms with E-state index in [0.29, 0.717) is 12.4 Å². The Morgan fingerprint density at radius 1 is 1.62 bits per heavy atom. The molecule has 6 heteroatoms. The second kappa shape index (κ2) is 5.26. The summed E-state index contributed by atoms with van der Waals surface area (Å²) in [4.78, 5) is 20.8. The van der Waals surface area contributed by atoms with E-state index in [1.165, 1.54) is 6.40 Å². The number of hydrogen-bond donors (Lipinski definition) is 1. The van der Waals surface area contributed by atoms with E-state index in [1.807, 2.05) is 19.2 Å². The van der Waals surface area contributed by atoms with Crippen LogP contribution in [0.1, 0.15) is 6.92 Å². The highest BCUT2D eigenvalue weighted by atomic mass is 127. The van der Waals surface area contributed by atoms with Gasteiger partial charge in [0.25, 0.3) is 0 Å². The molecule has 0 unspecified atom stereocenters. The van der Waals surface area contributed by atoms with E-state index in [1.54, 1.807) is 6.20 Å². The molecule has 0 amide bonds. The number of halogens is 1. The van der Waals surface area contributed by atoms with Crippen molar-refractivity contribution in [2.45, 2.75) is 6.92 Å². The van der Waals surface area contributed by atoms with Crippen LogP contribution < -0.4 is 0 Å². The molecule has 0 saturated heterocycles. The number of fused-ring (bicyclic) bond motifs is 1.